The number of hydrogen-bond acceptors (Lipinski definition) is 3. The van der Waals surface area contributed by atoms with Crippen LogP contribution in [0.1, 0.15) is 20.8 Å². The normalized spacial score (nSPS) is 10.9. The Bertz CT molecular complexity index is 402. The number of carbonyl (C=O) groups excluding carboxylic acids is 1. The summed E-state index contributed by atoms with van der Waals surface area (Å²) in [6, 6.07) is 7.39. The monoisotopic (exact) mass is 270 g/mol. The van der Waals surface area contributed by atoms with Crippen LogP contribution in [0.5, 0.6) is 0 Å². The van der Waals surface area contributed by atoms with E-state index in [1.807, 2.05) is 39.0 Å². The van der Waals surface area contributed by atoms with Gasteiger partial charge in [0.05, 0.1) is 0 Å². The van der Waals surface area contributed by atoms with Crippen molar-refractivity contribution in [3.63, 3.8) is 0 Å². The zero-order chi connectivity index (χ0) is 13.6. The first-order valence-electron chi connectivity index (χ1n) is 5.80. The number of carbonyl (C=O) groups is 1. The second kappa shape index (κ2) is 6.50. The molecule has 0 saturated carbocycles. The van der Waals surface area contributed by atoms with Gasteiger partial charge in [0.2, 0.25) is 0 Å². The molecule has 0 radical (unpaired) electrons. The Morgan fingerprint density at radius 3 is 2.61 bits per heavy atom. The van der Waals surface area contributed by atoms with Crippen LogP contribution in [0.15, 0.2) is 24.3 Å². The molecule has 100 valence electrons. The highest BCUT2D eigenvalue weighted by Crippen LogP contribution is 2.16. The summed E-state index contributed by atoms with van der Waals surface area (Å²) in [5.41, 5.74) is 1.09. The van der Waals surface area contributed by atoms with E-state index in [1.165, 1.54) is 0 Å². The van der Waals surface area contributed by atoms with Crippen molar-refractivity contribution in [3.8, 4) is 0 Å². The maximum Gasteiger partial charge on any atom is 0.412 e. The maximum atomic E-state index is 11.6. The lowest BCUT2D eigenvalue weighted by atomic mass is 10.2. The minimum atomic E-state index is -0.501. The van der Waals surface area contributed by atoms with Crippen molar-refractivity contribution in [2.75, 3.05) is 23.1 Å². The SMILES string of the molecule is CC(C)(C)OC(=O)Nc1cccc(NCCCl)c1. The summed E-state index contributed by atoms with van der Waals surface area (Å²) in [7, 11) is 0. The highest BCUT2D eigenvalue weighted by molar-refractivity contribution is 6.18. The van der Waals surface area contributed by atoms with Gasteiger partial charge in [-0.15, -0.1) is 11.6 Å². The van der Waals surface area contributed by atoms with E-state index in [1.54, 1.807) is 6.07 Å². The Hall–Kier alpha value is -1.42. The molecule has 1 aromatic carbocycles. The zero-order valence-electron chi connectivity index (χ0n) is 10.9. The number of nitrogens with one attached hydrogen (secondary N) is 2. The van der Waals surface area contributed by atoms with Gasteiger partial charge < -0.3 is 10.1 Å². The van der Waals surface area contributed by atoms with E-state index in [2.05, 4.69) is 10.6 Å². The van der Waals surface area contributed by atoms with Gasteiger partial charge in [0.15, 0.2) is 0 Å². The van der Waals surface area contributed by atoms with Gasteiger partial charge in [-0.1, -0.05) is 6.07 Å². The summed E-state index contributed by atoms with van der Waals surface area (Å²) >= 11 is 5.60. The van der Waals surface area contributed by atoms with Crippen LogP contribution < -0.4 is 10.6 Å². The molecule has 1 rings (SSSR count). The first-order chi connectivity index (χ1) is 8.40. The molecule has 0 aliphatic carbocycles. The summed E-state index contributed by atoms with van der Waals surface area (Å²) in [4.78, 5) is 11.6. The lowest BCUT2D eigenvalue weighted by molar-refractivity contribution is 0.0636. The largest absolute Gasteiger partial charge is 0.444 e. The molecule has 18 heavy (non-hydrogen) atoms. The van der Waals surface area contributed by atoms with Crippen molar-refractivity contribution in [3.05, 3.63) is 24.3 Å². The minimum absolute atomic E-state index is 0.461. The number of anilines is 2. The first-order valence-corrected chi connectivity index (χ1v) is 6.34. The number of halogens is 1. The highest BCUT2D eigenvalue weighted by Gasteiger charge is 2.16. The lowest BCUT2D eigenvalue weighted by Crippen LogP contribution is -2.27. The van der Waals surface area contributed by atoms with Crippen LogP contribution in [0.4, 0.5) is 16.2 Å². The molecule has 0 unspecified atom stereocenters. The molecule has 0 spiro atoms. The van der Waals surface area contributed by atoms with Crippen LogP contribution >= 0.6 is 11.6 Å². The van der Waals surface area contributed by atoms with Crippen molar-refractivity contribution >= 4 is 29.1 Å². The molecule has 1 amide bonds. The van der Waals surface area contributed by atoms with Gasteiger partial charge in [0.25, 0.3) is 0 Å². The zero-order valence-corrected chi connectivity index (χ0v) is 11.7. The Morgan fingerprint density at radius 2 is 2.00 bits per heavy atom. The van der Waals surface area contributed by atoms with Gasteiger partial charge >= 0.3 is 6.09 Å². The molecule has 0 aliphatic heterocycles. The standard InChI is InChI=1S/C13H19ClN2O2/c1-13(2,3)18-12(17)16-11-6-4-5-10(9-11)15-8-7-14/h4-6,9,15H,7-8H2,1-3H3,(H,16,17). The molecule has 0 fully saturated rings. The predicted octanol–water partition coefficient (Wildman–Crippen LogP) is 3.68. The third-order valence-corrected chi connectivity index (χ3v) is 2.12. The van der Waals surface area contributed by atoms with E-state index in [0.29, 0.717) is 18.1 Å². The Morgan fingerprint density at radius 1 is 1.33 bits per heavy atom. The summed E-state index contributed by atoms with van der Waals surface area (Å²) < 4.78 is 5.17. The molecule has 4 nitrogen and oxygen atoms in total. The minimum Gasteiger partial charge on any atom is -0.444 e. The molecule has 0 atom stereocenters. The molecule has 0 heterocycles. The van der Waals surface area contributed by atoms with Crippen molar-refractivity contribution in [1.82, 2.24) is 0 Å². The topological polar surface area (TPSA) is 50.4 Å². The molecule has 0 bridgehead atoms. The molecular weight excluding hydrogens is 252 g/mol. The summed E-state index contributed by atoms with van der Waals surface area (Å²) in [5.74, 6) is 0.531. The lowest BCUT2D eigenvalue weighted by Gasteiger charge is -2.19. The quantitative estimate of drug-likeness (QED) is 0.821. The average molecular weight is 271 g/mol. The van der Waals surface area contributed by atoms with Gasteiger partial charge in [0.1, 0.15) is 5.60 Å². The Labute approximate surface area is 113 Å². The van der Waals surface area contributed by atoms with E-state index in [-0.39, 0.29) is 0 Å². The molecule has 5 heteroatoms. The van der Waals surface area contributed by atoms with Crippen LogP contribution in [-0.2, 0) is 4.74 Å². The van der Waals surface area contributed by atoms with E-state index in [9.17, 15) is 4.79 Å². The van der Waals surface area contributed by atoms with Crippen molar-refractivity contribution in [1.29, 1.82) is 0 Å². The van der Waals surface area contributed by atoms with Gasteiger partial charge in [-0.3, -0.25) is 5.32 Å². The highest BCUT2D eigenvalue weighted by atomic mass is 35.5. The molecule has 1 aromatic rings. The summed E-state index contributed by atoms with van der Waals surface area (Å²) in [6.07, 6.45) is -0.461. The van der Waals surface area contributed by atoms with Gasteiger partial charge in [-0.05, 0) is 39.0 Å². The third-order valence-electron chi connectivity index (χ3n) is 1.93. The summed E-state index contributed by atoms with van der Waals surface area (Å²) in [5, 5.41) is 5.81. The van der Waals surface area contributed by atoms with Crippen LogP contribution in [0.25, 0.3) is 0 Å². The van der Waals surface area contributed by atoms with Gasteiger partial charge in [-0.25, -0.2) is 4.79 Å². The molecule has 0 saturated heterocycles. The second-order valence-corrected chi connectivity index (χ2v) is 5.20. The van der Waals surface area contributed by atoms with Gasteiger partial charge in [-0.2, -0.15) is 0 Å². The van der Waals surface area contributed by atoms with E-state index in [0.717, 1.165) is 5.69 Å². The number of hydrogen-bond donors (Lipinski definition) is 2. The average Bonchev–Trinajstić information content (AvgIpc) is 2.24. The Kier molecular flexibility index (Phi) is 5.28. The number of alkyl halides is 1. The van der Waals surface area contributed by atoms with Crippen LogP contribution in [0, 0.1) is 0 Å². The fourth-order valence-corrected chi connectivity index (χ4v) is 1.41. The molecule has 2 N–H and O–H groups in total. The molecular formula is C13H19ClN2O2. The maximum absolute atomic E-state index is 11.6. The van der Waals surface area contributed by atoms with Crippen LogP contribution in [0.2, 0.25) is 0 Å². The van der Waals surface area contributed by atoms with Crippen LogP contribution in [0.3, 0.4) is 0 Å². The molecule has 0 aromatic heterocycles. The van der Waals surface area contributed by atoms with Gasteiger partial charge in [0, 0.05) is 23.8 Å². The second-order valence-electron chi connectivity index (χ2n) is 4.82. The number of benzene rings is 1. The number of ether oxygens (including phenoxy) is 1. The number of amides is 1. The van der Waals surface area contributed by atoms with E-state index in [4.69, 9.17) is 16.3 Å². The van der Waals surface area contributed by atoms with Crippen molar-refractivity contribution < 1.29 is 9.53 Å². The van der Waals surface area contributed by atoms with Crippen molar-refractivity contribution in [2.45, 2.75) is 26.4 Å². The fraction of sp³-hybridized carbons (Fsp3) is 0.462. The van der Waals surface area contributed by atoms with E-state index >= 15 is 0 Å². The number of rotatable bonds is 4. The van der Waals surface area contributed by atoms with E-state index < -0.39 is 11.7 Å². The summed E-state index contributed by atoms with van der Waals surface area (Å²) in [6.45, 7) is 6.15. The van der Waals surface area contributed by atoms with Crippen LogP contribution in [-0.4, -0.2) is 24.1 Å². The Balaban J connectivity index is 2.59. The predicted molar refractivity (Wildman–Crippen MR) is 75.5 cm³/mol. The molecule has 0 aliphatic rings. The van der Waals surface area contributed by atoms with Crippen molar-refractivity contribution in [2.24, 2.45) is 0 Å². The fourth-order valence-electron chi connectivity index (χ4n) is 1.32. The third kappa shape index (κ3) is 5.77. The first kappa shape index (κ1) is 14.6. The smallest absolute Gasteiger partial charge is 0.412 e.